The van der Waals surface area contributed by atoms with Gasteiger partial charge in [0, 0.05) is 6.42 Å². The molecular weight excluding hydrogens is 270 g/mol. The highest BCUT2D eigenvalue weighted by Gasteiger charge is 2.19. The number of aromatic nitrogens is 2. The number of benzene rings is 1. The maximum absolute atomic E-state index is 11.3. The molecule has 0 radical (unpaired) electrons. The van der Waals surface area contributed by atoms with Gasteiger partial charge in [-0.15, -0.1) is 0 Å². The molecule has 2 N–H and O–H groups in total. The quantitative estimate of drug-likeness (QED) is 0.812. The molecule has 2 rings (SSSR count). The van der Waals surface area contributed by atoms with Crippen molar-refractivity contribution < 1.29 is 14.4 Å². The number of hydrogen-bond donors (Lipinski definition) is 2. The Morgan fingerprint density at radius 3 is 2.67 bits per heavy atom. The first-order valence-electron chi connectivity index (χ1n) is 6.89. The van der Waals surface area contributed by atoms with Crippen LogP contribution in [-0.2, 0) is 17.8 Å². The zero-order chi connectivity index (χ0) is 15.2. The fourth-order valence-corrected chi connectivity index (χ4v) is 1.98. The largest absolute Gasteiger partial charge is 0.480 e. The minimum atomic E-state index is -0.938. The molecular formula is C15H19N3O3. The highest BCUT2D eigenvalue weighted by Crippen LogP contribution is 2.13. The average molecular weight is 289 g/mol. The Morgan fingerprint density at radius 2 is 2.05 bits per heavy atom. The van der Waals surface area contributed by atoms with Crippen LogP contribution in [-0.4, -0.2) is 21.2 Å². The van der Waals surface area contributed by atoms with Crippen LogP contribution in [0.15, 0.2) is 34.9 Å². The van der Waals surface area contributed by atoms with E-state index in [1.165, 1.54) is 0 Å². The van der Waals surface area contributed by atoms with E-state index in [0.29, 0.717) is 29.6 Å². The van der Waals surface area contributed by atoms with Gasteiger partial charge in [0.15, 0.2) is 5.82 Å². The topological polar surface area (TPSA) is 88.2 Å². The molecule has 1 aromatic heterocycles. The van der Waals surface area contributed by atoms with Crippen LogP contribution >= 0.6 is 0 Å². The van der Waals surface area contributed by atoms with E-state index >= 15 is 0 Å². The third-order valence-electron chi connectivity index (χ3n) is 2.94. The Labute approximate surface area is 123 Å². The van der Waals surface area contributed by atoms with E-state index in [4.69, 9.17) is 4.52 Å². The first-order valence-corrected chi connectivity index (χ1v) is 6.89. The summed E-state index contributed by atoms with van der Waals surface area (Å²) < 4.78 is 5.13. The summed E-state index contributed by atoms with van der Waals surface area (Å²) in [5.74, 6) is 0.538. The van der Waals surface area contributed by atoms with Crippen molar-refractivity contribution in [3.63, 3.8) is 0 Å². The summed E-state index contributed by atoms with van der Waals surface area (Å²) in [7, 11) is 0. The Kier molecular flexibility index (Phi) is 5.05. The van der Waals surface area contributed by atoms with E-state index < -0.39 is 12.0 Å². The van der Waals surface area contributed by atoms with Crippen LogP contribution in [0.5, 0.6) is 0 Å². The summed E-state index contributed by atoms with van der Waals surface area (Å²) in [6, 6.07) is 8.21. The molecule has 0 aliphatic rings. The van der Waals surface area contributed by atoms with Crippen molar-refractivity contribution in [3.8, 4) is 0 Å². The van der Waals surface area contributed by atoms with Crippen LogP contribution in [0.3, 0.4) is 0 Å². The van der Waals surface area contributed by atoms with E-state index in [0.717, 1.165) is 0 Å². The predicted molar refractivity (Wildman–Crippen MR) is 76.5 cm³/mol. The van der Waals surface area contributed by atoms with Gasteiger partial charge in [-0.1, -0.05) is 49.3 Å². The highest BCUT2D eigenvalue weighted by atomic mass is 16.5. The second-order valence-corrected chi connectivity index (χ2v) is 5.27. The van der Waals surface area contributed by atoms with Crippen LogP contribution in [0.1, 0.15) is 37.2 Å². The molecule has 1 heterocycles. The smallest absolute Gasteiger partial charge is 0.325 e. The molecule has 0 fully saturated rings. The predicted octanol–water partition coefficient (Wildman–Crippen LogP) is 2.18. The Morgan fingerprint density at radius 1 is 1.33 bits per heavy atom. The average Bonchev–Trinajstić information content (AvgIpc) is 2.86. The molecule has 0 aliphatic carbocycles. The van der Waals surface area contributed by atoms with Gasteiger partial charge in [-0.2, -0.15) is 4.98 Å². The van der Waals surface area contributed by atoms with Gasteiger partial charge < -0.3 is 9.63 Å². The Hall–Kier alpha value is -2.21. The first kappa shape index (κ1) is 15.2. The molecule has 1 unspecified atom stereocenters. The van der Waals surface area contributed by atoms with Crippen LogP contribution < -0.4 is 5.32 Å². The van der Waals surface area contributed by atoms with Gasteiger partial charge in [-0.05, 0) is 11.5 Å². The molecule has 6 heteroatoms. The molecule has 112 valence electrons. The van der Waals surface area contributed by atoms with Gasteiger partial charge in [0.05, 0.1) is 6.54 Å². The summed E-state index contributed by atoms with van der Waals surface area (Å²) in [6.07, 6.45) is 0.716. The normalized spacial score (nSPS) is 12.5. The fraction of sp³-hybridized carbons (Fsp3) is 0.400. The lowest BCUT2D eigenvalue weighted by molar-refractivity contribution is -0.139. The molecule has 2 aromatic rings. The van der Waals surface area contributed by atoms with Gasteiger partial charge in [-0.3, -0.25) is 10.1 Å². The van der Waals surface area contributed by atoms with Crippen molar-refractivity contribution in [3.05, 3.63) is 47.6 Å². The monoisotopic (exact) mass is 289 g/mol. The highest BCUT2D eigenvalue weighted by molar-refractivity contribution is 5.75. The summed E-state index contributed by atoms with van der Waals surface area (Å²) in [4.78, 5) is 15.6. The maximum atomic E-state index is 11.3. The number of hydrogen-bond acceptors (Lipinski definition) is 5. The van der Waals surface area contributed by atoms with Gasteiger partial charge in [0.25, 0.3) is 0 Å². The van der Waals surface area contributed by atoms with E-state index in [1.54, 1.807) is 12.1 Å². The molecule has 21 heavy (non-hydrogen) atoms. The summed E-state index contributed by atoms with van der Waals surface area (Å²) in [5, 5.41) is 16.1. The van der Waals surface area contributed by atoms with E-state index in [9.17, 15) is 9.90 Å². The van der Waals surface area contributed by atoms with Crippen molar-refractivity contribution in [1.82, 2.24) is 15.5 Å². The minimum Gasteiger partial charge on any atom is -0.480 e. The molecule has 0 aliphatic heterocycles. The lowest BCUT2D eigenvalue weighted by atomic mass is 10.1. The number of nitrogens with zero attached hydrogens (tertiary/aromatic N) is 2. The second kappa shape index (κ2) is 6.99. The molecule has 1 aromatic carbocycles. The van der Waals surface area contributed by atoms with E-state index in [1.807, 2.05) is 18.2 Å². The van der Waals surface area contributed by atoms with Crippen LogP contribution in [0.4, 0.5) is 0 Å². The van der Waals surface area contributed by atoms with Crippen molar-refractivity contribution in [2.24, 2.45) is 5.92 Å². The molecule has 0 bridgehead atoms. The number of carbonyl (C=O) groups is 1. The number of rotatable bonds is 7. The van der Waals surface area contributed by atoms with Gasteiger partial charge in [0.2, 0.25) is 5.89 Å². The summed E-state index contributed by atoms with van der Waals surface area (Å²) in [5.41, 5.74) is 0.691. The van der Waals surface area contributed by atoms with Crippen LogP contribution in [0.2, 0.25) is 0 Å². The number of carboxylic acid groups (broad SMARTS) is 1. The van der Waals surface area contributed by atoms with Gasteiger partial charge in [0.1, 0.15) is 6.04 Å². The molecule has 0 saturated heterocycles. The third kappa shape index (κ3) is 4.39. The zero-order valence-electron chi connectivity index (χ0n) is 12.1. The first-order chi connectivity index (χ1) is 10.1. The van der Waals surface area contributed by atoms with Crippen molar-refractivity contribution >= 4 is 5.97 Å². The number of nitrogens with one attached hydrogen (secondary N) is 1. The lowest BCUT2D eigenvalue weighted by Crippen LogP contribution is -2.28. The minimum absolute atomic E-state index is 0.244. The fourth-order valence-electron chi connectivity index (χ4n) is 1.98. The Balaban J connectivity index is 1.99. The molecule has 1 atom stereocenters. The summed E-state index contributed by atoms with van der Waals surface area (Å²) in [6.45, 7) is 4.38. The maximum Gasteiger partial charge on any atom is 0.325 e. The van der Waals surface area contributed by atoms with E-state index in [2.05, 4.69) is 29.3 Å². The van der Waals surface area contributed by atoms with Gasteiger partial charge in [-0.25, -0.2) is 0 Å². The Bertz CT molecular complexity index is 581. The number of aliphatic carboxylic acids is 1. The van der Waals surface area contributed by atoms with Crippen LogP contribution in [0.25, 0.3) is 0 Å². The third-order valence-corrected chi connectivity index (χ3v) is 2.94. The number of carboxylic acids is 1. The molecule has 0 spiro atoms. The zero-order valence-corrected chi connectivity index (χ0v) is 12.1. The summed E-state index contributed by atoms with van der Waals surface area (Å²) >= 11 is 0. The van der Waals surface area contributed by atoms with Crippen molar-refractivity contribution in [2.75, 3.05) is 0 Å². The lowest BCUT2D eigenvalue weighted by Gasteiger charge is -2.13. The van der Waals surface area contributed by atoms with Crippen molar-refractivity contribution in [2.45, 2.75) is 32.9 Å². The molecule has 0 amide bonds. The van der Waals surface area contributed by atoms with Crippen molar-refractivity contribution in [1.29, 1.82) is 0 Å². The SMILES string of the molecule is CC(C)Cc1nc(CNC(C(=O)O)c2ccccc2)no1. The van der Waals surface area contributed by atoms with Gasteiger partial charge >= 0.3 is 5.97 Å². The van der Waals surface area contributed by atoms with Crippen LogP contribution in [0, 0.1) is 5.92 Å². The van der Waals surface area contributed by atoms with E-state index in [-0.39, 0.29) is 6.54 Å². The standard InChI is InChI=1S/C15H19N3O3/c1-10(2)8-13-17-12(18-21-13)9-16-14(15(19)20)11-6-4-3-5-7-11/h3-7,10,14,16H,8-9H2,1-2H3,(H,19,20). The molecule has 6 nitrogen and oxygen atoms in total. The second-order valence-electron chi connectivity index (χ2n) is 5.27. The molecule has 0 saturated carbocycles.